The third-order valence-electron chi connectivity index (χ3n) is 5.04. The van der Waals surface area contributed by atoms with Crippen molar-refractivity contribution >= 4 is 57.1 Å². The van der Waals surface area contributed by atoms with Crippen molar-refractivity contribution in [3.63, 3.8) is 0 Å². The van der Waals surface area contributed by atoms with E-state index in [0.717, 1.165) is 0 Å². The Bertz CT molecular complexity index is 1260. The molecule has 0 saturated carbocycles. The molecule has 2 aromatic carbocycles. The van der Waals surface area contributed by atoms with Gasteiger partial charge in [-0.3, -0.25) is 14.4 Å². The molecule has 1 atom stereocenters. The van der Waals surface area contributed by atoms with Crippen LogP contribution in [0.5, 0.6) is 5.75 Å². The summed E-state index contributed by atoms with van der Waals surface area (Å²) in [4.78, 5) is 37.3. The minimum Gasteiger partial charge on any atom is -0.496 e. The molecule has 0 radical (unpaired) electrons. The van der Waals surface area contributed by atoms with Gasteiger partial charge in [-0.15, -0.1) is 0 Å². The fraction of sp³-hybridized carbons (Fsp3) is 0.227. The molecule has 3 rings (SSSR count). The summed E-state index contributed by atoms with van der Waals surface area (Å²) in [6.45, 7) is -0.288. The number of carbonyl (C=O) groups is 3. The lowest BCUT2D eigenvalue weighted by molar-refractivity contribution is -0.138. The summed E-state index contributed by atoms with van der Waals surface area (Å²) in [7, 11) is -3.14. The van der Waals surface area contributed by atoms with Crippen molar-refractivity contribution in [1.29, 1.82) is 0 Å². The number of nitrogens with one attached hydrogen (secondary N) is 1. The van der Waals surface area contributed by atoms with Gasteiger partial charge in [-0.1, -0.05) is 23.2 Å². The van der Waals surface area contributed by atoms with E-state index in [2.05, 4.69) is 5.32 Å². The maximum Gasteiger partial charge on any atom is 0.303 e. The second-order valence-electron chi connectivity index (χ2n) is 7.28. The fourth-order valence-corrected chi connectivity index (χ4v) is 5.27. The lowest BCUT2D eigenvalue weighted by Gasteiger charge is -2.27. The molecule has 34 heavy (non-hydrogen) atoms. The third-order valence-corrected chi connectivity index (χ3v) is 7.33. The molecular formula is C22H20Cl2N2O7S. The minimum absolute atomic E-state index is 0.0655. The first kappa shape index (κ1) is 25.5. The molecule has 2 N–H and O–H groups in total. The zero-order valence-electron chi connectivity index (χ0n) is 17.8. The van der Waals surface area contributed by atoms with Crippen LogP contribution in [-0.2, 0) is 24.4 Å². The topological polar surface area (TPSA) is 130 Å². The summed E-state index contributed by atoms with van der Waals surface area (Å²) in [6.07, 6.45) is 0.434. The second kappa shape index (κ2) is 10.5. The van der Waals surface area contributed by atoms with Crippen molar-refractivity contribution in [3.8, 4) is 5.75 Å². The Morgan fingerprint density at radius 3 is 2.44 bits per heavy atom. The van der Waals surface area contributed by atoms with Gasteiger partial charge in [0.15, 0.2) is 0 Å². The van der Waals surface area contributed by atoms with Crippen LogP contribution in [0.3, 0.4) is 0 Å². The number of aliphatic carboxylic acids is 1. The molecule has 12 heteroatoms. The highest BCUT2D eigenvalue weighted by atomic mass is 35.5. The maximum absolute atomic E-state index is 13.6. The summed E-state index contributed by atoms with van der Waals surface area (Å²) >= 11 is 11.9. The summed E-state index contributed by atoms with van der Waals surface area (Å²) in [5, 5.41) is 12.2. The number of hydrogen-bond acceptors (Lipinski definition) is 6. The molecule has 0 aliphatic carbocycles. The largest absolute Gasteiger partial charge is 0.496 e. The van der Waals surface area contributed by atoms with E-state index in [0.29, 0.717) is 20.6 Å². The highest BCUT2D eigenvalue weighted by Crippen LogP contribution is 2.29. The monoisotopic (exact) mass is 526 g/mol. The molecule has 1 saturated heterocycles. The zero-order valence-corrected chi connectivity index (χ0v) is 20.2. The molecule has 180 valence electrons. The van der Waals surface area contributed by atoms with Crippen molar-refractivity contribution in [3.05, 3.63) is 63.6 Å². The number of rotatable bonds is 7. The van der Waals surface area contributed by atoms with Crippen molar-refractivity contribution in [1.82, 2.24) is 9.62 Å². The van der Waals surface area contributed by atoms with Crippen LogP contribution < -0.4 is 10.1 Å². The lowest BCUT2D eigenvalue weighted by Crippen LogP contribution is -2.49. The average molecular weight is 527 g/mol. The SMILES string of the molecule is COc1ccc(Cl)cc1C=C1CNC(=O)C(CCC(=O)O)N(S(=O)(=O)c2ccc(Cl)cc2)C1=O. The molecule has 2 aromatic rings. The van der Waals surface area contributed by atoms with Crippen molar-refractivity contribution < 1.29 is 32.6 Å². The molecule has 2 amide bonds. The summed E-state index contributed by atoms with van der Waals surface area (Å²) in [5.74, 6) is -2.65. The number of halogens is 2. The van der Waals surface area contributed by atoms with Gasteiger partial charge in [-0.05, 0) is 55.0 Å². The summed E-state index contributed by atoms with van der Waals surface area (Å²) in [6, 6.07) is 8.17. The van der Waals surface area contributed by atoms with Gasteiger partial charge in [0.1, 0.15) is 11.8 Å². The van der Waals surface area contributed by atoms with Gasteiger partial charge in [-0.2, -0.15) is 0 Å². The van der Waals surface area contributed by atoms with Crippen LogP contribution in [0, 0.1) is 0 Å². The first-order chi connectivity index (χ1) is 16.0. The molecule has 1 heterocycles. The predicted octanol–water partition coefficient (Wildman–Crippen LogP) is 2.97. The quantitative estimate of drug-likeness (QED) is 0.530. The molecule has 1 unspecified atom stereocenters. The number of carbonyl (C=O) groups excluding carboxylic acids is 2. The van der Waals surface area contributed by atoms with Gasteiger partial charge < -0.3 is 15.2 Å². The molecule has 0 spiro atoms. The van der Waals surface area contributed by atoms with E-state index in [1.165, 1.54) is 43.5 Å². The van der Waals surface area contributed by atoms with Crippen LogP contribution in [0.2, 0.25) is 10.0 Å². The van der Waals surface area contributed by atoms with Gasteiger partial charge in [0, 0.05) is 34.1 Å². The summed E-state index contributed by atoms with van der Waals surface area (Å²) < 4.78 is 32.7. The van der Waals surface area contributed by atoms with Gasteiger partial charge in [-0.25, -0.2) is 12.7 Å². The van der Waals surface area contributed by atoms with E-state index in [-0.39, 0.29) is 22.0 Å². The first-order valence-electron chi connectivity index (χ1n) is 9.92. The van der Waals surface area contributed by atoms with E-state index in [1.54, 1.807) is 12.1 Å². The lowest BCUT2D eigenvalue weighted by atomic mass is 10.1. The van der Waals surface area contributed by atoms with Gasteiger partial charge in [0.2, 0.25) is 5.91 Å². The maximum atomic E-state index is 13.6. The molecular weight excluding hydrogens is 507 g/mol. The second-order valence-corrected chi connectivity index (χ2v) is 9.97. The number of nitrogens with zero attached hydrogens (tertiary/aromatic N) is 1. The number of ether oxygens (including phenoxy) is 1. The molecule has 0 aromatic heterocycles. The Balaban J connectivity index is 2.16. The van der Waals surface area contributed by atoms with Crippen molar-refractivity contribution in [2.45, 2.75) is 23.8 Å². The Kier molecular flexibility index (Phi) is 7.86. The van der Waals surface area contributed by atoms with Crippen LogP contribution >= 0.6 is 23.2 Å². The normalized spacial score (nSPS) is 17.9. The predicted molar refractivity (Wildman–Crippen MR) is 125 cm³/mol. The molecule has 1 fully saturated rings. The Labute approximate surface area is 206 Å². The van der Waals surface area contributed by atoms with Crippen LogP contribution in [0.1, 0.15) is 18.4 Å². The minimum atomic E-state index is -4.56. The highest BCUT2D eigenvalue weighted by molar-refractivity contribution is 7.89. The molecule has 9 nitrogen and oxygen atoms in total. The van der Waals surface area contributed by atoms with E-state index >= 15 is 0 Å². The van der Waals surface area contributed by atoms with Gasteiger partial charge in [0.25, 0.3) is 15.9 Å². The van der Waals surface area contributed by atoms with Gasteiger partial charge >= 0.3 is 5.97 Å². The van der Waals surface area contributed by atoms with Gasteiger partial charge in [0.05, 0.1) is 12.0 Å². The van der Waals surface area contributed by atoms with E-state index in [9.17, 15) is 22.8 Å². The number of carboxylic acids is 1. The summed E-state index contributed by atoms with van der Waals surface area (Å²) in [5.41, 5.74) is 0.324. The Morgan fingerprint density at radius 2 is 1.82 bits per heavy atom. The van der Waals surface area contributed by atoms with Crippen molar-refractivity contribution in [2.24, 2.45) is 0 Å². The zero-order chi connectivity index (χ0) is 25.0. The van der Waals surface area contributed by atoms with Crippen LogP contribution in [0.4, 0.5) is 0 Å². The Hall–Kier alpha value is -3.08. The standard InChI is InChI=1S/C22H20Cl2N2O7S/c1-33-19-8-4-16(24)11-13(19)10-14-12-25-21(29)18(7-9-20(27)28)26(22(14)30)34(31,32)17-5-2-15(23)3-6-17/h2-6,8,10-11,18H,7,9,12H2,1H3,(H,25,29)(H,27,28). The van der Waals surface area contributed by atoms with E-state index in [1.807, 2.05) is 0 Å². The van der Waals surface area contributed by atoms with E-state index in [4.69, 9.17) is 33.0 Å². The van der Waals surface area contributed by atoms with Crippen molar-refractivity contribution in [2.75, 3.05) is 13.7 Å². The number of hydrogen-bond donors (Lipinski definition) is 2. The first-order valence-corrected chi connectivity index (χ1v) is 12.1. The third kappa shape index (κ3) is 5.52. The Morgan fingerprint density at radius 1 is 1.18 bits per heavy atom. The van der Waals surface area contributed by atoms with Crippen LogP contribution in [0.15, 0.2) is 52.9 Å². The highest BCUT2D eigenvalue weighted by Gasteiger charge is 2.43. The van der Waals surface area contributed by atoms with Crippen LogP contribution in [0.25, 0.3) is 6.08 Å². The van der Waals surface area contributed by atoms with Crippen LogP contribution in [-0.4, -0.2) is 55.3 Å². The fourth-order valence-electron chi connectivity index (χ4n) is 3.39. The average Bonchev–Trinajstić information content (AvgIpc) is 2.89. The number of carboxylic acid groups (broad SMARTS) is 1. The van der Waals surface area contributed by atoms with E-state index < -0.39 is 46.7 Å². The number of sulfonamides is 1. The molecule has 0 bridgehead atoms. The number of benzene rings is 2. The molecule has 1 aliphatic rings. The number of amides is 2. The number of methoxy groups -OCH3 is 1. The molecule has 1 aliphatic heterocycles. The smallest absolute Gasteiger partial charge is 0.303 e.